The van der Waals surface area contributed by atoms with Gasteiger partial charge in [0.25, 0.3) is 5.91 Å². The molecule has 0 unspecified atom stereocenters. The molecule has 1 N–H and O–H groups in total. The van der Waals surface area contributed by atoms with Crippen LogP contribution in [0, 0.1) is 0 Å². The van der Waals surface area contributed by atoms with E-state index in [4.69, 9.17) is 25.8 Å². The summed E-state index contributed by atoms with van der Waals surface area (Å²) in [6.45, 7) is 4.89. The van der Waals surface area contributed by atoms with Gasteiger partial charge < -0.3 is 24.4 Å². The molecule has 0 aliphatic heterocycles. The second-order valence-corrected chi connectivity index (χ2v) is 9.77. The highest BCUT2D eigenvalue weighted by molar-refractivity contribution is 6.32. The van der Waals surface area contributed by atoms with Crippen LogP contribution in [0.4, 0.5) is 0 Å². The lowest BCUT2D eigenvalue weighted by molar-refractivity contribution is -0.142. The molecular formula is C31H37ClN2O5. The Morgan fingerprint density at radius 2 is 1.62 bits per heavy atom. The number of carbonyl (C=O) groups excluding carboxylic acids is 2. The molecule has 0 saturated heterocycles. The first kappa shape index (κ1) is 30.0. The predicted octanol–water partition coefficient (Wildman–Crippen LogP) is 5.30. The number of para-hydroxylation sites is 1. The lowest BCUT2D eigenvalue weighted by atomic mass is 10.0. The van der Waals surface area contributed by atoms with Gasteiger partial charge in [0.1, 0.15) is 17.5 Å². The minimum atomic E-state index is -0.761. The number of nitrogens with zero attached hydrogens (tertiary/aromatic N) is 1. The van der Waals surface area contributed by atoms with Crippen molar-refractivity contribution < 1.29 is 23.8 Å². The molecule has 208 valence electrons. The predicted molar refractivity (Wildman–Crippen MR) is 153 cm³/mol. The lowest BCUT2D eigenvalue weighted by Gasteiger charge is -2.31. The van der Waals surface area contributed by atoms with Crippen molar-refractivity contribution in [3.63, 3.8) is 0 Å². The summed E-state index contributed by atoms with van der Waals surface area (Å²) in [5.41, 5.74) is 1.80. The second-order valence-electron chi connectivity index (χ2n) is 9.36. The summed E-state index contributed by atoms with van der Waals surface area (Å²) in [6, 6.07) is 23.3. The summed E-state index contributed by atoms with van der Waals surface area (Å²) in [6.07, 6.45) is 1.15. The SMILES string of the molecule is COc1ccc(CN(C(=O)COc2ccccc2Cl)[C@@H](Cc2ccccc2)C(=O)NCCCOC(C)C)cc1. The Bertz CT molecular complexity index is 1170. The number of hydrogen-bond acceptors (Lipinski definition) is 5. The van der Waals surface area contributed by atoms with Crippen molar-refractivity contribution in [2.45, 2.75) is 45.4 Å². The smallest absolute Gasteiger partial charge is 0.261 e. The number of nitrogens with one attached hydrogen (secondary N) is 1. The van der Waals surface area contributed by atoms with Crippen molar-refractivity contribution in [2.24, 2.45) is 0 Å². The minimum Gasteiger partial charge on any atom is -0.497 e. The molecule has 7 nitrogen and oxygen atoms in total. The Hall–Kier alpha value is -3.55. The Balaban J connectivity index is 1.84. The van der Waals surface area contributed by atoms with Crippen LogP contribution in [0.5, 0.6) is 11.5 Å². The second kappa shape index (κ2) is 15.8. The van der Waals surface area contributed by atoms with Crippen LogP contribution in [0.1, 0.15) is 31.4 Å². The van der Waals surface area contributed by atoms with Crippen molar-refractivity contribution in [1.82, 2.24) is 10.2 Å². The van der Waals surface area contributed by atoms with Crippen molar-refractivity contribution in [3.05, 3.63) is 95.0 Å². The number of carbonyl (C=O) groups is 2. The Kier molecular flexibility index (Phi) is 12.1. The zero-order chi connectivity index (χ0) is 28.0. The number of hydrogen-bond donors (Lipinski definition) is 1. The molecule has 3 rings (SSSR count). The van der Waals surface area contributed by atoms with Gasteiger partial charge in [-0.15, -0.1) is 0 Å². The summed E-state index contributed by atoms with van der Waals surface area (Å²) in [5, 5.41) is 3.42. The summed E-state index contributed by atoms with van der Waals surface area (Å²) >= 11 is 6.23. The van der Waals surface area contributed by atoms with E-state index < -0.39 is 6.04 Å². The first-order valence-corrected chi connectivity index (χ1v) is 13.5. The third-order valence-electron chi connectivity index (χ3n) is 6.04. The monoisotopic (exact) mass is 552 g/mol. The van der Waals surface area contributed by atoms with Gasteiger partial charge in [0.15, 0.2) is 6.61 Å². The maximum Gasteiger partial charge on any atom is 0.261 e. The molecule has 8 heteroatoms. The number of methoxy groups -OCH3 is 1. The third-order valence-corrected chi connectivity index (χ3v) is 6.35. The summed E-state index contributed by atoms with van der Waals surface area (Å²) in [7, 11) is 1.60. The Labute approximate surface area is 236 Å². The molecule has 2 amide bonds. The maximum atomic E-state index is 13.7. The zero-order valence-electron chi connectivity index (χ0n) is 22.8. The van der Waals surface area contributed by atoms with E-state index in [-0.39, 0.29) is 31.1 Å². The third kappa shape index (κ3) is 9.93. The van der Waals surface area contributed by atoms with Gasteiger partial charge in [0.2, 0.25) is 5.91 Å². The van der Waals surface area contributed by atoms with Gasteiger partial charge in [-0.05, 0) is 55.7 Å². The average Bonchev–Trinajstić information content (AvgIpc) is 2.94. The van der Waals surface area contributed by atoms with Crippen molar-refractivity contribution in [3.8, 4) is 11.5 Å². The molecular weight excluding hydrogens is 516 g/mol. The molecule has 0 aliphatic carbocycles. The van der Waals surface area contributed by atoms with Gasteiger partial charge in [-0.2, -0.15) is 0 Å². The average molecular weight is 553 g/mol. The van der Waals surface area contributed by atoms with E-state index in [1.165, 1.54) is 0 Å². The first-order valence-electron chi connectivity index (χ1n) is 13.1. The number of rotatable bonds is 15. The largest absolute Gasteiger partial charge is 0.497 e. The molecule has 0 aromatic heterocycles. The fourth-order valence-electron chi connectivity index (χ4n) is 3.99. The maximum absolute atomic E-state index is 13.7. The molecule has 0 radical (unpaired) electrons. The molecule has 0 heterocycles. The highest BCUT2D eigenvalue weighted by Crippen LogP contribution is 2.24. The van der Waals surface area contributed by atoms with Gasteiger partial charge >= 0.3 is 0 Å². The molecule has 0 fully saturated rings. The summed E-state index contributed by atoms with van der Waals surface area (Å²) in [4.78, 5) is 28.8. The highest BCUT2D eigenvalue weighted by Gasteiger charge is 2.30. The van der Waals surface area contributed by atoms with E-state index >= 15 is 0 Å². The quantitative estimate of drug-likeness (QED) is 0.259. The van der Waals surface area contributed by atoms with Crippen molar-refractivity contribution >= 4 is 23.4 Å². The lowest BCUT2D eigenvalue weighted by Crippen LogP contribution is -2.52. The molecule has 0 bridgehead atoms. The summed E-state index contributed by atoms with van der Waals surface area (Å²) < 4.78 is 16.6. The van der Waals surface area contributed by atoms with Crippen LogP contribution >= 0.6 is 11.6 Å². The van der Waals surface area contributed by atoms with E-state index in [0.717, 1.165) is 11.1 Å². The number of benzene rings is 3. The molecule has 0 spiro atoms. The Morgan fingerprint density at radius 1 is 0.923 bits per heavy atom. The van der Waals surface area contributed by atoms with E-state index in [1.807, 2.05) is 68.4 Å². The minimum absolute atomic E-state index is 0.127. The van der Waals surface area contributed by atoms with Gasteiger partial charge in [-0.3, -0.25) is 9.59 Å². The first-order chi connectivity index (χ1) is 18.9. The molecule has 3 aromatic rings. The zero-order valence-corrected chi connectivity index (χ0v) is 23.5. The van der Waals surface area contributed by atoms with Crippen LogP contribution in [-0.2, 0) is 27.3 Å². The summed E-state index contributed by atoms with van der Waals surface area (Å²) in [5.74, 6) is 0.556. The van der Waals surface area contributed by atoms with Crippen LogP contribution in [-0.4, -0.2) is 55.7 Å². The van der Waals surface area contributed by atoms with Crippen molar-refractivity contribution in [1.29, 1.82) is 0 Å². The van der Waals surface area contributed by atoms with Crippen LogP contribution in [0.3, 0.4) is 0 Å². The topological polar surface area (TPSA) is 77.1 Å². The fourth-order valence-corrected chi connectivity index (χ4v) is 4.18. The standard InChI is InChI=1S/C31H37ClN2O5/c1-23(2)38-19-9-18-33-31(36)28(20-24-10-5-4-6-11-24)34(21-25-14-16-26(37-3)17-15-25)30(35)22-39-29-13-8-7-12-27(29)32/h4-8,10-17,23,28H,9,18-22H2,1-3H3,(H,33,36)/t28-/m0/s1. The van der Waals surface area contributed by atoms with Gasteiger partial charge in [-0.1, -0.05) is 66.2 Å². The van der Waals surface area contributed by atoms with Crippen LogP contribution in [0.25, 0.3) is 0 Å². The Morgan fingerprint density at radius 3 is 2.28 bits per heavy atom. The van der Waals surface area contributed by atoms with Crippen LogP contribution in [0.2, 0.25) is 5.02 Å². The normalized spacial score (nSPS) is 11.6. The van der Waals surface area contributed by atoms with Crippen molar-refractivity contribution in [2.75, 3.05) is 26.9 Å². The molecule has 0 aliphatic rings. The van der Waals surface area contributed by atoms with Gasteiger partial charge in [0.05, 0.1) is 18.2 Å². The molecule has 0 saturated carbocycles. The molecule has 1 atom stereocenters. The van der Waals surface area contributed by atoms with E-state index in [1.54, 1.807) is 36.3 Å². The number of ether oxygens (including phenoxy) is 3. The van der Waals surface area contributed by atoms with E-state index in [9.17, 15) is 9.59 Å². The van der Waals surface area contributed by atoms with Gasteiger partial charge in [-0.25, -0.2) is 0 Å². The molecule has 39 heavy (non-hydrogen) atoms. The number of amides is 2. The number of halogens is 1. The van der Waals surface area contributed by atoms with Crippen LogP contribution in [0.15, 0.2) is 78.9 Å². The highest BCUT2D eigenvalue weighted by atomic mass is 35.5. The fraction of sp³-hybridized carbons (Fsp3) is 0.355. The van der Waals surface area contributed by atoms with E-state index in [0.29, 0.717) is 42.5 Å². The van der Waals surface area contributed by atoms with Crippen LogP contribution < -0.4 is 14.8 Å². The van der Waals surface area contributed by atoms with E-state index in [2.05, 4.69) is 5.32 Å². The van der Waals surface area contributed by atoms with Gasteiger partial charge in [0, 0.05) is 26.1 Å². The molecule has 3 aromatic carbocycles.